The third-order valence-corrected chi connectivity index (χ3v) is 5.62. The molecular formula is C23H25FN2O. The largest absolute Gasteiger partial charge is 0.342 e. The Morgan fingerprint density at radius 1 is 1.15 bits per heavy atom. The van der Waals surface area contributed by atoms with Crippen molar-refractivity contribution in [2.45, 2.75) is 38.3 Å². The smallest absolute Gasteiger partial charge is 0.230 e. The third kappa shape index (κ3) is 3.25. The highest BCUT2D eigenvalue weighted by molar-refractivity contribution is 5.94. The van der Waals surface area contributed by atoms with E-state index in [-0.39, 0.29) is 11.8 Å². The van der Waals surface area contributed by atoms with E-state index in [4.69, 9.17) is 0 Å². The summed E-state index contributed by atoms with van der Waals surface area (Å²) >= 11 is 0. The van der Waals surface area contributed by atoms with Crippen LogP contribution in [0.3, 0.4) is 0 Å². The number of halogens is 1. The first-order chi connectivity index (χ1) is 13.2. The summed E-state index contributed by atoms with van der Waals surface area (Å²) in [5, 5.41) is 1.10. The van der Waals surface area contributed by atoms with Crippen LogP contribution in [0.1, 0.15) is 35.6 Å². The minimum Gasteiger partial charge on any atom is -0.342 e. The van der Waals surface area contributed by atoms with E-state index in [0.29, 0.717) is 13.1 Å². The molecule has 4 rings (SSSR count). The van der Waals surface area contributed by atoms with Gasteiger partial charge in [-0.05, 0) is 36.5 Å². The van der Waals surface area contributed by atoms with E-state index >= 15 is 0 Å². The van der Waals surface area contributed by atoms with Crippen molar-refractivity contribution in [3.63, 3.8) is 0 Å². The first-order valence-corrected chi connectivity index (χ1v) is 9.65. The average molecular weight is 363 g/mol. The first-order valence-electron chi connectivity index (χ1n) is 9.65. The van der Waals surface area contributed by atoms with Gasteiger partial charge in [0.2, 0.25) is 5.91 Å². The van der Waals surface area contributed by atoms with E-state index in [2.05, 4.69) is 10.6 Å². The van der Waals surface area contributed by atoms with Crippen molar-refractivity contribution in [3.05, 3.63) is 71.4 Å². The molecule has 0 bridgehead atoms. The molecule has 4 heteroatoms. The second-order valence-electron chi connectivity index (χ2n) is 7.34. The molecule has 27 heavy (non-hydrogen) atoms. The molecule has 0 radical (unpaired) electrons. The summed E-state index contributed by atoms with van der Waals surface area (Å²) in [6.45, 7) is 0.572. The molecule has 0 N–H and O–H groups in total. The summed E-state index contributed by atoms with van der Waals surface area (Å²) in [5.41, 5.74) is 4.44. The normalized spacial score (nSPS) is 16.3. The monoisotopic (exact) mass is 363 g/mol. The van der Waals surface area contributed by atoms with Crippen LogP contribution < -0.4 is 0 Å². The molecule has 0 saturated heterocycles. The van der Waals surface area contributed by atoms with Crippen molar-refractivity contribution in [2.75, 3.05) is 13.7 Å². The van der Waals surface area contributed by atoms with E-state index in [1.807, 2.05) is 60.5 Å². The molecule has 3 nitrogen and oxygen atoms in total. The number of aryl methyl sites for hydroxylation is 1. The standard InChI is InChI=1S/C23H25FN2O/c1-25(16-17-8-3-2-4-9-17)23(27)19-11-7-13-21-22(19)18-10-5-6-12-20(18)26(21)15-14-24/h2-6,8-10,12,19H,7,11,13-16H2,1H3/i24-1. The Morgan fingerprint density at radius 2 is 1.89 bits per heavy atom. The molecule has 1 amide bonds. The molecule has 3 aromatic rings. The van der Waals surface area contributed by atoms with Gasteiger partial charge >= 0.3 is 0 Å². The van der Waals surface area contributed by atoms with E-state index < -0.39 is 6.67 Å². The van der Waals surface area contributed by atoms with E-state index in [9.17, 15) is 9.18 Å². The lowest BCUT2D eigenvalue weighted by Gasteiger charge is -2.28. The Bertz CT molecular complexity index is 948. The number of carbonyl (C=O) groups excluding carboxylic acids is 1. The predicted octanol–water partition coefficient (Wildman–Crippen LogP) is 4.69. The van der Waals surface area contributed by atoms with Crippen molar-refractivity contribution >= 4 is 16.8 Å². The summed E-state index contributed by atoms with van der Waals surface area (Å²) in [5.74, 6) is 0.0104. The van der Waals surface area contributed by atoms with Gasteiger partial charge in [-0.2, -0.15) is 0 Å². The molecule has 140 valence electrons. The maximum atomic E-state index is 13.3. The SMILES string of the molecule is CN(Cc1ccccc1)C(=O)C1CCCc2c1c1ccccc1n2CC[18F]. The lowest BCUT2D eigenvalue weighted by molar-refractivity contribution is -0.132. The van der Waals surface area contributed by atoms with Gasteiger partial charge in [-0.25, -0.2) is 4.39 Å². The zero-order valence-corrected chi connectivity index (χ0v) is 15.7. The van der Waals surface area contributed by atoms with Crippen LogP contribution in [0.15, 0.2) is 54.6 Å². The highest BCUT2D eigenvalue weighted by Gasteiger charge is 2.33. The van der Waals surface area contributed by atoms with Crippen LogP contribution in [0.5, 0.6) is 0 Å². The molecule has 1 unspecified atom stereocenters. The first kappa shape index (κ1) is 17.8. The Morgan fingerprint density at radius 3 is 2.67 bits per heavy atom. The molecule has 0 spiro atoms. The average Bonchev–Trinajstić information content (AvgIpc) is 3.03. The lowest BCUT2D eigenvalue weighted by Crippen LogP contribution is -2.33. The minimum absolute atomic E-state index is 0.145. The van der Waals surface area contributed by atoms with Crippen molar-refractivity contribution in [1.29, 1.82) is 0 Å². The zero-order valence-electron chi connectivity index (χ0n) is 15.7. The van der Waals surface area contributed by atoms with E-state index in [1.165, 1.54) is 0 Å². The highest BCUT2D eigenvalue weighted by Crippen LogP contribution is 2.40. The van der Waals surface area contributed by atoms with Crippen LogP contribution in [0.4, 0.5) is 4.39 Å². The molecule has 0 fully saturated rings. The fourth-order valence-electron chi connectivity index (χ4n) is 4.45. The Labute approximate surface area is 159 Å². The van der Waals surface area contributed by atoms with Gasteiger partial charge in [0.05, 0.1) is 12.5 Å². The Balaban J connectivity index is 1.70. The second-order valence-corrected chi connectivity index (χ2v) is 7.34. The predicted molar refractivity (Wildman–Crippen MR) is 107 cm³/mol. The van der Waals surface area contributed by atoms with Crippen molar-refractivity contribution < 1.29 is 9.18 Å². The molecule has 1 aliphatic carbocycles. The molecule has 0 aliphatic heterocycles. The van der Waals surface area contributed by atoms with Crippen LogP contribution in [-0.4, -0.2) is 29.1 Å². The number of fused-ring (bicyclic) bond motifs is 3. The van der Waals surface area contributed by atoms with Gasteiger partial charge in [-0.3, -0.25) is 4.79 Å². The summed E-state index contributed by atoms with van der Waals surface area (Å²) < 4.78 is 15.3. The minimum atomic E-state index is -0.391. The quantitative estimate of drug-likeness (QED) is 0.646. The van der Waals surface area contributed by atoms with Crippen LogP contribution in [0, 0.1) is 0 Å². The number of alkyl halides is 1. The molecule has 1 aromatic heterocycles. The highest BCUT2D eigenvalue weighted by atomic mass is 18.2. The van der Waals surface area contributed by atoms with E-state index in [0.717, 1.165) is 47.0 Å². The molecule has 1 aliphatic rings. The number of amides is 1. The number of hydrogen-bond acceptors (Lipinski definition) is 1. The van der Waals surface area contributed by atoms with Crippen molar-refractivity contribution in [2.24, 2.45) is 0 Å². The number of likely N-dealkylation sites (N-methyl/N-ethyl adjacent to an activating group) is 1. The zero-order chi connectivity index (χ0) is 18.8. The molecule has 1 atom stereocenters. The van der Waals surface area contributed by atoms with Gasteiger partial charge in [-0.15, -0.1) is 0 Å². The van der Waals surface area contributed by atoms with Crippen molar-refractivity contribution in [3.8, 4) is 0 Å². The van der Waals surface area contributed by atoms with Gasteiger partial charge in [0.15, 0.2) is 0 Å². The van der Waals surface area contributed by atoms with Crippen molar-refractivity contribution in [1.82, 2.24) is 9.47 Å². The maximum Gasteiger partial charge on any atom is 0.230 e. The summed E-state index contributed by atoms with van der Waals surface area (Å²) in [6.07, 6.45) is 2.73. The van der Waals surface area contributed by atoms with Crippen LogP contribution in [0.25, 0.3) is 10.9 Å². The fourth-order valence-corrected chi connectivity index (χ4v) is 4.45. The van der Waals surface area contributed by atoms with Crippen LogP contribution >= 0.6 is 0 Å². The Hall–Kier alpha value is -2.62. The number of hydrogen-bond donors (Lipinski definition) is 0. The lowest BCUT2D eigenvalue weighted by atomic mass is 9.84. The van der Waals surface area contributed by atoms with Crippen LogP contribution in [0.2, 0.25) is 0 Å². The number of para-hydroxylation sites is 1. The third-order valence-electron chi connectivity index (χ3n) is 5.62. The number of nitrogens with zero attached hydrogens (tertiary/aromatic N) is 2. The maximum absolute atomic E-state index is 13.3. The van der Waals surface area contributed by atoms with Gasteiger partial charge < -0.3 is 9.47 Å². The summed E-state index contributed by atoms with van der Waals surface area (Å²) in [4.78, 5) is 15.1. The summed E-state index contributed by atoms with van der Waals surface area (Å²) in [7, 11) is 1.88. The Kier molecular flexibility index (Phi) is 4.97. The number of aromatic nitrogens is 1. The number of benzene rings is 2. The van der Waals surface area contributed by atoms with Gasteiger partial charge in [0.25, 0.3) is 0 Å². The molecule has 0 saturated carbocycles. The second kappa shape index (κ2) is 7.55. The fraction of sp³-hybridized carbons (Fsp3) is 0.348. The van der Waals surface area contributed by atoms with Gasteiger partial charge in [0.1, 0.15) is 6.67 Å². The molecular weight excluding hydrogens is 338 g/mol. The topological polar surface area (TPSA) is 25.2 Å². The van der Waals surface area contributed by atoms with Crippen LogP contribution in [-0.2, 0) is 24.3 Å². The van der Waals surface area contributed by atoms with Gasteiger partial charge in [0, 0.05) is 30.2 Å². The van der Waals surface area contributed by atoms with Gasteiger partial charge in [-0.1, -0.05) is 48.5 Å². The number of carbonyl (C=O) groups is 1. The molecule has 2 aromatic carbocycles. The van der Waals surface area contributed by atoms with E-state index in [1.54, 1.807) is 0 Å². The summed E-state index contributed by atoms with van der Waals surface area (Å²) in [6, 6.07) is 18.2. The molecule has 1 heterocycles. The number of rotatable bonds is 5.